The molecular formula is C22H34ClN4OSi. The van der Waals surface area contributed by atoms with Gasteiger partial charge in [0.15, 0.2) is 0 Å². The molecule has 1 aromatic heterocycles. The minimum absolute atomic E-state index is 0. The van der Waals surface area contributed by atoms with E-state index in [9.17, 15) is 0 Å². The van der Waals surface area contributed by atoms with Crippen LogP contribution in [0.2, 0.25) is 5.54 Å². The SMILES string of the molecule is CC([Si])C(C)(C)c1cc(N2CCC(OCCCn3cc[n+](C)c3)C2)ccc1N.[Cl-]. The Morgan fingerprint density at radius 3 is 2.79 bits per heavy atom. The van der Waals surface area contributed by atoms with Crippen molar-refractivity contribution in [1.29, 1.82) is 0 Å². The summed E-state index contributed by atoms with van der Waals surface area (Å²) < 4.78 is 10.4. The van der Waals surface area contributed by atoms with E-state index < -0.39 is 0 Å². The lowest BCUT2D eigenvalue weighted by atomic mass is 9.80. The van der Waals surface area contributed by atoms with E-state index in [1.165, 1.54) is 11.3 Å². The molecule has 7 heteroatoms. The number of hydrogen-bond donors (Lipinski definition) is 1. The van der Waals surface area contributed by atoms with Gasteiger partial charge in [0.2, 0.25) is 6.33 Å². The molecule has 0 aliphatic carbocycles. The highest BCUT2D eigenvalue weighted by molar-refractivity contribution is 6.12. The topological polar surface area (TPSA) is 47.3 Å². The van der Waals surface area contributed by atoms with Crippen LogP contribution in [0.25, 0.3) is 0 Å². The second-order valence-corrected chi connectivity index (χ2v) is 9.48. The Labute approximate surface area is 185 Å². The van der Waals surface area contributed by atoms with Gasteiger partial charge in [-0.2, -0.15) is 0 Å². The Morgan fingerprint density at radius 1 is 1.38 bits per heavy atom. The Kier molecular flexibility index (Phi) is 8.20. The van der Waals surface area contributed by atoms with E-state index in [0.717, 1.165) is 44.8 Å². The summed E-state index contributed by atoms with van der Waals surface area (Å²) in [6.45, 7) is 10.4. The van der Waals surface area contributed by atoms with Gasteiger partial charge in [0.25, 0.3) is 0 Å². The van der Waals surface area contributed by atoms with Crippen molar-refractivity contribution >= 4 is 21.6 Å². The van der Waals surface area contributed by atoms with Crippen molar-refractivity contribution in [3.63, 3.8) is 0 Å². The summed E-state index contributed by atoms with van der Waals surface area (Å²) in [7, 11) is 5.84. The number of hydrogen-bond acceptors (Lipinski definition) is 3. The molecule has 0 bridgehead atoms. The fourth-order valence-electron chi connectivity index (χ4n) is 3.76. The predicted octanol–water partition coefficient (Wildman–Crippen LogP) is -0.161. The number of ether oxygens (including phenoxy) is 1. The summed E-state index contributed by atoms with van der Waals surface area (Å²) in [5.41, 5.74) is 9.93. The Morgan fingerprint density at radius 2 is 2.14 bits per heavy atom. The summed E-state index contributed by atoms with van der Waals surface area (Å²) >= 11 is 0. The van der Waals surface area contributed by atoms with Crippen LogP contribution in [0, 0.1) is 0 Å². The number of nitrogens with zero attached hydrogens (tertiary/aromatic N) is 3. The number of rotatable bonds is 8. The van der Waals surface area contributed by atoms with Gasteiger partial charge in [-0.3, -0.25) is 0 Å². The van der Waals surface area contributed by atoms with Gasteiger partial charge in [0, 0.05) is 41.1 Å². The van der Waals surface area contributed by atoms with E-state index in [1.54, 1.807) is 0 Å². The van der Waals surface area contributed by atoms with Crippen molar-refractivity contribution in [2.45, 2.75) is 57.2 Å². The Hall–Kier alpha value is -1.50. The Bertz CT molecular complexity index is 793. The molecule has 2 unspecified atom stereocenters. The standard InChI is InChI=1S/C22H34N4OSi.ClH/c1-17(28)22(2,3)20-14-18(6-7-21(20)23)26-10-8-19(15-26)27-13-5-9-25-12-11-24(4)16-25;/h6-7,11-12,14,16-17,19H,5,8-10,13,15,23H2,1-4H3;1H/q+1;/p-1. The lowest BCUT2D eigenvalue weighted by molar-refractivity contribution is -0.671. The highest BCUT2D eigenvalue weighted by atomic mass is 35.5. The molecule has 159 valence electrons. The molecule has 0 spiro atoms. The lowest BCUT2D eigenvalue weighted by Crippen LogP contribution is -3.00. The van der Waals surface area contributed by atoms with Gasteiger partial charge in [-0.25, -0.2) is 9.13 Å². The molecule has 29 heavy (non-hydrogen) atoms. The number of aryl methyl sites for hydroxylation is 2. The largest absolute Gasteiger partial charge is 1.00 e. The van der Waals surface area contributed by atoms with Crippen LogP contribution in [0.1, 0.15) is 39.2 Å². The van der Waals surface area contributed by atoms with Gasteiger partial charge in [-0.15, -0.1) is 0 Å². The molecule has 2 aromatic rings. The molecule has 1 fully saturated rings. The third kappa shape index (κ3) is 5.77. The number of benzene rings is 1. The number of nitrogen functional groups attached to an aromatic ring is 1. The quantitative estimate of drug-likeness (QED) is 0.272. The van der Waals surface area contributed by atoms with Crippen molar-refractivity contribution in [3.05, 3.63) is 42.5 Å². The van der Waals surface area contributed by atoms with E-state index >= 15 is 0 Å². The van der Waals surface area contributed by atoms with Crippen molar-refractivity contribution in [2.24, 2.45) is 7.05 Å². The number of nitrogens with two attached hydrogens (primary N) is 1. The minimum Gasteiger partial charge on any atom is -1.00 e. The van der Waals surface area contributed by atoms with Crippen LogP contribution in [0.15, 0.2) is 36.9 Å². The van der Waals surface area contributed by atoms with Crippen molar-refractivity contribution in [3.8, 4) is 0 Å². The predicted molar refractivity (Wildman–Crippen MR) is 116 cm³/mol. The van der Waals surface area contributed by atoms with Crippen LogP contribution in [-0.4, -0.2) is 40.6 Å². The van der Waals surface area contributed by atoms with E-state index in [1.807, 2.05) is 13.1 Å². The van der Waals surface area contributed by atoms with Gasteiger partial charge in [0.05, 0.1) is 26.3 Å². The van der Waals surface area contributed by atoms with Crippen molar-refractivity contribution in [1.82, 2.24) is 4.57 Å². The first kappa shape index (κ1) is 23.8. The summed E-state index contributed by atoms with van der Waals surface area (Å²) in [6.07, 6.45) is 8.69. The zero-order chi connectivity index (χ0) is 20.3. The van der Waals surface area contributed by atoms with E-state index in [4.69, 9.17) is 10.5 Å². The number of aromatic nitrogens is 2. The maximum atomic E-state index is 6.30. The van der Waals surface area contributed by atoms with Crippen LogP contribution in [0.4, 0.5) is 11.4 Å². The molecule has 1 aromatic carbocycles. The number of anilines is 2. The minimum atomic E-state index is -0.0261. The average Bonchev–Trinajstić information content (AvgIpc) is 3.28. The van der Waals surface area contributed by atoms with Gasteiger partial charge >= 0.3 is 0 Å². The molecule has 0 amide bonds. The molecule has 2 N–H and O–H groups in total. The summed E-state index contributed by atoms with van der Waals surface area (Å²) in [4.78, 5) is 2.42. The zero-order valence-corrected chi connectivity index (χ0v) is 19.8. The smallest absolute Gasteiger partial charge is 0.243 e. The molecule has 1 aliphatic rings. The molecule has 0 saturated carbocycles. The normalized spacial score (nSPS) is 18.0. The van der Waals surface area contributed by atoms with Crippen LogP contribution >= 0.6 is 0 Å². The Balaban J connectivity index is 0.00000300. The second kappa shape index (κ2) is 10.0. The lowest BCUT2D eigenvalue weighted by Gasteiger charge is -2.32. The van der Waals surface area contributed by atoms with E-state index in [2.05, 4.69) is 75.9 Å². The van der Waals surface area contributed by atoms with Gasteiger partial charge < -0.3 is 27.8 Å². The van der Waals surface area contributed by atoms with Crippen LogP contribution in [-0.2, 0) is 23.7 Å². The molecule has 1 aliphatic heterocycles. The highest BCUT2D eigenvalue weighted by Crippen LogP contribution is 2.39. The number of imidazole rings is 1. The third-order valence-corrected chi connectivity index (χ3v) is 6.78. The fourth-order valence-corrected chi connectivity index (χ4v) is 3.92. The van der Waals surface area contributed by atoms with Crippen LogP contribution in [0.5, 0.6) is 0 Å². The molecule has 1 saturated heterocycles. The second-order valence-electron chi connectivity index (χ2n) is 8.61. The first-order valence-corrected chi connectivity index (χ1v) is 10.8. The molecule has 3 rings (SSSR count). The van der Waals surface area contributed by atoms with E-state index in [-0.39, 0.29) is 17.8 Å². The molecule has 2 heterocycles. The average molecular weight is 434 g/mol. The molecular weight excluding hydrogens is 400 g/mol. The van der Waals surface area contributed by atoms with Crippen molar-refractivity contribution in [2.75, 3.05) is 30.3 Å². The van der Waals surface area contributed by atoms with Gasteiger partial charge in [-0.05, 0) is 41.1 Å². The maximum Gasteiger partial charge on any atom is 0.243 e. The van der Waals surface area contributed by atoms with Crippen molar-refractivity contribution < 1.29 is 21.7 Å². The summed E-state index contributed by atoms with van der Waals surface area (Å²) in [5, 5.41) is 0. The monoisotopic (exact) mass is 433 g/mol. The highest BCUT2D eigenvalue weighted by Gasteiger charge is 2.29. The fraction of sp³-hybridized carbons (Fsp3) is 0.591. The van der Waals surface area contributed by atoms with Crippen LogP contribution in [0.3, 0.4) is 0 Å². The zero-order valence-electron chi connectivity index (χ0n) is 18.1. The van der Waals surface area contributed by atoms with Crippen LogP contribution < -0.4 is 27.6 Å². The maximum absolute atomic E-state index is 6.30. The first-order valence-electron chi connectivity index (χ1n) is 10.3. The molecule has 2 atom stereocenters. The van der Waals surface area contributed by atoms with E-state index in [0.29, 0.717) is 11.6 Å². The van der Waals surface area contributed by atoms with Gasteiger partial charge in [-0.1, -0.05) is 20.8 Å². The molecule has 3 radical (unpaired) electrons. The number of halogens is 1. The first-order chi connectivity index (χ1) is 13.3. The van der Waals surface area contributed by atoms with Gasteiger partial charge in [0.1, 0.15) is 12.4 Å². The molecule has 5 nitrogen and oxygen atoms in total. The summed E-state index contributed by atoms with van der Waals surface area (Å²) in [6, 6.07) is 6.45. The summed E-state index contributed by atoms with van der Waals surface area (Å²) in [5.74, 6) is 0. The third-order valence-electron chi connectivity index (χ3n) is 6.06.